The molecule has 7 heteroatoms. The van der Waals surface area contributed by atoms with E-state index in [2.05, 4.69) is 5.32 Å². The highest BCUT2D eigenvalue weighted by Crippen LogP contribution is 2.33. The van der Waals surface area contributed by atoms with Gasteiger partial charge in [0.2, 0.25) is 0 Å². The number of esters is 2. The molecule has 132 valence electrons. The van der Waals surface area contributed by atoms with Gasteiger partial charge in [-0.2, -0.15) is 0 Å². The number of carbonyl (C=O) groups is 2. The molecular formula is C16H27NO6. The summed E-state index contributed by atoms with van der Waals surface area (Å²) in [6.07, 6.45) is 0.00387. The van der Waals surface area contributed by atoms with Crippen LogP contribution in [-0.2, 0) is 28.5 Å². The fourth-order valence-electron chi connectivity index (χ4n) is 3.00. The number of carbonyl (C=O) groups excluding carboxylic acids is 2. The third-order valence-electron chi connectivity index (χ3n) is 3.94. The summed E-state index contributed by atoms with van der Waals surface area (Å²) in [6, 6.07) is -0.898. The number of methoxy groups -OCH3 is 1. The first-order chi connectivity index (χ1) is 10.5. The molecule has 0 aliphatic carbocycles. The Balaban J connectivity index is 2.15. The highest BCUT2D eigenvalue weighted by atomic mass is 16.7. The predicted molar refractivity (Wildman–Crippen MR) is 81.6 cm³/mol. The van der Waals surface area contributed by atoms with Crippen molar-refractivity contribution >= 4 is 11.9 Å². The number of hydrogen-bond donors (Lipinski definition) is 1. The van der Waals surface area contributed by atoms with Crippen LogP contribution in [0.3, 0.4) is 0 Å². The Labute approximate surface area is 137 Å². The lowest BCUT2D eigenvalue weighted by Gasteiger charge is -2.27. The maximum absolute atomic E-state index is 12.5. The normalized spacial score (nSPS) is 33.5. The summed E-state index contributed by atoms with van der Waals surface area (Å²) < 4.78 is 21.7. The molecule has 0 radical (unpaired) electrons. The Kier molecular flexibility index (Phi) is 5.03. The lowest BCUT2D eigenvalue weighted by Crippen LogP contribution is -2.47. The largest absolute Gasteiger partial charge is 0.468 e. The number of hydrogen-bond acceptors (Lipinski definition) is 7. The lowest BCUT2D eigenvalue weighted by molar-refractivity contribution is -0.164. The van der Waals surface area contributed by atoms with Crippen LogP contribution in [0.15, 0.2) is 0 Å². The molecule has 0 aromatic rings. The first-order valence-electron chi connectivity index (χ1n) is 7.91. The van der Waals surface area contributed by atoms with Crippen LogP contribution in [-0.4, -0.2) is 55.2 Å². The van der Waals surface area contributed by atoms with Gasteiger partial charge in [0.05, 0.1) is 19.6 Å². The van der Waals surface area contributed by atoms with Crippen LogP contribution in [0.1, 0.15) is 41.0 Å². The zero-order valence-electron chi connectivity index (χ0n) is 14.7. The Bertz CT molecular complexity index is 470. The van der Waals surface area contributed by atoms with Crippen LogP contribution in [0.25, 0.3) is 0 Å². The first-order valence-corrected chi connectivity index (χ1v) is 7.91. The molecule has 0 saturated carbocycles. The van der Waals surface area contributed by atoms with Crippen LogP contribution < -0.4 is 5.32 Å². The molecule has 4 atom stereocenters. The Hall–Kier alpha value is -1.18. The molecule has 0 spiro atoms. The van der Waals surface area contributed by atoms with Gasteiger partial charge in [-0.3, -0.25) is 14.9 Å². The molecule has 2 fully saturated rings. The van der Waals surface area contributed by atoms with Gasteiger partial charge in [-0.25, -0.2) is 0 Å². The van der Waals surface area contributed by atoms with E-state index in [0.29, 0.717) is 13.0 Å². The smallest absolute Gasteiger partial charge is 0.322 e. The van der Waals surface area contributed by atoms with Crippen molar-refractivity contribution in [3.63, 3.8) is 0 Å². The summed E-state index contributed by atoms with van der Waals surface area (Å²) >= 11 is 0. The van der Waals surface area contributed by atoms with Gasteiger partial charge in [0.25, 0.3) is 0 Å². The van der Waals surface area contributed by atoms with Crippen molar-refractivity contribution in [2.75, 3.05) is 13.7 Å². The van der Waals surface area contributed by atoms with Gasteiger partial charge in [0.1, 0.15) is 17.7 Å². The summed E-state index contributed by atoms with van der Waals surface area (Å²) in [7, 11) is 1.33. The molecule has 2 aliphatic heterocycles. The van der Waals surface area contributed by atoms with Crippen molar-refractivity contribution < 1.29 is 28.5 Å². The third-order valence-corrected chi connectivity index (χ3v) is 3.94. The van der Waals surface area contributed by atoms with E-state index in [1.807, 2.05) is 34.6 Å². The van der Waals surface area contributed by atoms with Gasteiger partial charge in [0.15, 0.2) is 5.79 Å². The Morgan fingerprint density at radius 3 is 2.35 bits per heavy atom. The molecule has 0 aromatic carbocycles. The fraction of sp³-hybridized carbons (Fsp3) is 0.875. The van der Waals surface area contributed by atoms with Gasteiger partial charge in [-0.1, -0.05) is 0 Å². The predicted octanol–water partition coefficient (Wildman–Crippen LogP) is 0.999. The van der Waals surface area contributed by atoms with Crippen LogP contribution >= 0.6 is 0 Å². The minimum Gasteiger partial charge on any atom is -0.468 e. The standard InChI is InChI=1S/C16H27NO6/c1-15(2,3)23-13(18)9-7-10(14(19)20-6)17-12(9)11-8-21-16(4,5)22-11/h9-12,17H,7-8H2,1-6H3/t9-,10-,11-,12+/m1/s1. The zero-order valence-corrected chi connectivity index (χ0v) is 14.7. The molecule has 0 unspecified atom stereocenters. The van der Waals surface area contributed by atoms with Crippen molar-refractivity contribution in [2.24, 2.45) is 5.92 Å². The first kappa shape index (κ1) is 18.2. The Morgan fingerprint density at radius 1 is 1.22 bits per heavy atom. The quantitative estimate of drug-likeness (QED) is 0.773. The summed E-state index contributed by atoms with van der Waals surface area (Å²) in [4.78, 5) is 24.4. The van der Waals surface area contributed by atoms with Crippen LogP contribution in [0.4, 0.5) is 0 Å². The average Bonchev–Trinajstić information content (AvgIpc) is 2.99. The van der Waals surface area contributed by atoms with Gasteiger partial charge >= 0.3 is 11.9 Å². The van der Waals surface area contributed by atoms with Gasteiger partial charge < -0.3 is 18.9 Å². The van der Waals surface area contributed by atoms with Crippen molar-refractivity contribution in [1.82, 2.24) is 5.32 Å². The molecular weight excluding hydrogens is 302 g/mol. The van der Waals surface area contributed by atoms with E-state index >= 15 is 0 Å². The van der Waals surface area contributed by atoms with Crippen LogP contribution in [0.2, 0.25) is 0 Å². The highest BCUT2D eigenvalue weighted by Gasteiger charge is 2.50. The summed E-state index contributed by atoms with van der Waals surface area (Å²) in [5.74, 6) is -1.91. The van der Waals surface area contributed by atoms with Gasteiger partial charge in [-0.05, 0) is 41.0 Å². The number of ether oxygens (including phenoxy) is 4. The third kappa shape index (κ3) is 4.43. The molecule has 0 aromatic heterocycles. The molecule has 23 heavy (non-hydrogen) atoms. The van der Waals surface area contributed by atoms with Crippen molar-refractivity contribution in [1.29, 1.82) is 0 Å². The lowest BCUT2D eigenvalue weighted by atomic mass is 9.95. The highest BCUT2D eigenvalue weighted by molar-refractivity contribution is 5.80. The van der Waals surface area contributed by atoms with Crippen LogP contribution in [0.5, 0.6) is 0 Å². The van der Waals surface area contributed by atoms with Crippen molar-refractivity contribution in [3.8, 4) is 0 Å². The number of rotatable bonds is 3. The minimum atomic E-state index is -0.700. The molecule has 2 rings (SSSR count). The fourth-order valence-corrected chi connectivity index (χ4v) is 3.00. The average molecular weight is 329 g/mol. The molecule has 0 bridgehead atoms. The second kappa shape index (κ2) is 6.37. The van der Waals surface area contributed by atoms with Crippen molar-refractivity contribution in [3.05, 3.63) is 0 Å². The van der Waals surface area contributed by atoms with E-state index in [1.165, 1.54) is 7.11 Å². The molecule has 7 nitrogen and oxygen atoms in total. The molecule has 2 heterocycles. The van der Waals surface area contributed by atoms with Crippen LogP contribution in [0, 0.1) is 5.92 Å². The summed E-state index contributed by atoms with van der Waals surface area (Å²) in [5.41, 5.74) is -0.586. The van der Waals surface area contributed by atoms with E-state index in [1.54, 1.807) is 0 Å². The molecule has 0 amide bonds. The monoisotopic (exact) mass is 329 g/mol. The van der Waals surface area contributed by atoms with Gasteiger partial charge in [-0.15, -0.1) is 0 Å². The molecule has 2 aliphatic rings. The summed E-state index contributed by atoms with van der Waals surface area (Å²) in [5, 5.41) is 3.16. The summed E-state index contributed by atoms with van der Waals surface area (Å²) in [6.45, 7) is 9.46. The topological polar surface area (TPSA) is 83.1 Å². The van der Waals surface area contributed by atoms with E-state index in [-0.39, 0.29) is 24.1 Å². The Morgan fingerprint density at radius 2 is 1.87 bits per heavy atom. The van der Waals surface area contributed by atoms with E-state index in [4.69, 9.17) is 18.9 Å². The zero-order chi connectivity index (χ0) is 17.4. The maximum atomic E-state index is 12.5. The SMILES string of the molecule is COC(=O)[C@H]1C[C@@H](C(=O)OC(C)(C)C)[C@@H]([C@H]2COC(C)(C)O2)N1. The second-order valence-electron chi connectivity index (χ2n) is 7.51. The van der Waals surface area contributed by atoms with Crippen molar-refractivity contribution in [2.45, 2.75) is 70.6 Å². The van der Waals surface area contributed by atoms with E-state index in [9.17, 15) is 9.59 Å². The maximum Gasteiger partial charge on any atom is 0.322 e. The van der Waals surface area contributed by atoms with E-state index in [0.717, 1.165) is 0 Å². The number of nitrogens with one attached hydrogen (secondary N) is 1. The van der Waals surface area contributed by atoms with Gasteiger partial charge in [0, 0.05) is 6.04 Å². The minimum absolute atomic E-state index is 0.322. The molecule has 1 N–H and O–H groups in total. The molecule has 2 saturated heterocycles. The van der Waals surface area contributed by atoms with E-state index < -0.39 is 23.3 Å². The second-order valence-corrected chi connectivity index (χ2v) is 7.51.